The van der Waals surface area contributed by atoms with Crippen LogP contribution in [-0.2, 0) is 5.54 Å². The molecule has 1 aromatic carbocycles. The zero-order valence-corrected chi connectivity index (χ0v) is 11.8. The van der Waals surface area contributed by atoms with Crippen LogP contribution >= 0.6 is 0 Å². The minimum Gasteiger partial charge on any atom is -0.488 e. The number of nitrogens with zero attached hydrogens (tertiary/aromatic N) is 1. The maximum Gasteiger partial charge on any atom is 0.124 e. The smallest absolute Gasteiger partial charge is 0.124 e. The van der Waals surface area contributed by atoms with Crippen molar-refractivity contribution in [2.45, 2.75) is 43.7 Å². The third kappa shape index (κ3) is 2.77. The second-order valence-electron chi connectivity index (χ2n) is 6.21. The molecule has 0 unspecified atom stereocenters. The van der Waals surface area contributed by atoms with E-state index in [4.69, 9.17) is 10.5 Å². The van der Waals surface area contributed by atoms with E-state index in [1.54, 1.807) is 0 Å². The molecule has 0 amide bonds. The Morgan fingerprint density at radius 3 is 2.63 bits per heavy atom. The third-order valence-electron chi connectivity index (χ3n) is 4.49. The highest BCUT2D eigenvalue weighted by molar-refractivity contribution is 5.34. The first kappa shape index (κ1) is 12.9. The molecule has 1 aromatic rings. The van der Waals surface area contributed by atoms with Crippen molar-refractivity contribution in [2.24, 2.45) is 5.73 Å². The number of nitrogens with two attached hydrogens (primary N) is 1. The molecule has 3 heteroatoms. The van der Waals surface area contributed by atoms with Crippen LogP contribution in [0.1, 0.15) is 37.7 Å². The highest BCUT2D eigenvalue weighted by Crippen LogP contribution is 2.36. The Morgan fingerprint density at radius 2 is 1.95 bits per heavy atom. The Labute approximate surface area is 115 Å². The first-order valence-electron chi connectivity index (χ1n) is 7.40. The van der Waals surface area contributed by atoms with E-state index < -0.39 is 0 Å². The van der Waals surface area contributed by atoms with Crippen LogP contribution in [0, 0.1) is 0 Å². The van der Waals surface area contributed by atoms with Gasteiger partial charge in [0.2, 0.25) is 0 Å². The Balaban J connectivity index is 1.72. The summed E-state index contributed by atoms with van der Waals surface area (Å²) in [6.07, 6.45) is 6.36. The van der Waals surface area contributed by atoms with Crippen LogP contribution in [0.5, 0.6) is 5.75 Å². The number of benzene rings is 1. The van der Waals surface area contributed by atoms with Gasteiger partial charge in [-0.3, -0.25) is 4.90 Å². The number of likely N-dealkylation sites (N-methyl/N-ethyl adjacent to an activating group) is 1. The SMILES string of the molecule is CN1CC(Oc2cccc(C3(N)CCCCC3)c2)C1. The Hall–Kier alpha value is -1.06. The van der Waals surface area contributed by atoms with Gasteiger partial charge in [-0.2, -0.15) is 0 Å². The predicted molar refractivity (Wildman–Crippen MR) is 77.3 cm³/mol. The molecule has 0 aromatic heterocycles. The van der Waals surface area contributed by atoms with Crippen molar-refractivity contribution in [3.05, 3.63) is 29.8 Å². The molecule has 104 valence electrons. The summed E-state index contributed by atoms with van der Waals surface area (Å²) < 4.78 is 6.00. The molecule has 2 aliphatic rings. The van der Waals surface area contributed by atoms with E-state index in [0.717, 1.165) is 31.7 Å². The summed E-state index contributed by atoms with van der Waals surface area (Å²) >= 11 is 0. The topological polar surface area (TPSA) is 38.5 Å². The van der Waals surface area contributed by atoms with E-state index in [1.807, 2.05) is 6.07 Å². The fourth-order valence-electron chi connectivity index (χ4n) is 3.26. The molecule has 3 nitrogen and oxygen atoms in total. The molecule has 2 N–H and O–H groups in total. The van der Waals surface area contributed by atoms with Gasteiger partial charge < -0.3 is 10.5 Å². The predicted octanol–water partition coefficient (Wildman–Crippen LogP) is 2.50. The largest absolute Gasteiger partial charge is 0.488 e. The summed E-state index contributed by atoms with van der Waals surface area (Å²) in [5, 5.41) is 0. The van der Waals surface area contributed by atoms with Crippen molar-refractivity contribution in [2.75, 3.05) is 20.1 Å². The molecular weight excluding hydrogens is 236 g/mol. The van der Waals surface area contributed by atoms with Crippen molar-refractivity contribution >= 4 is 0 Å². The van der Waals surface area contributed by atoms with Crippen molar-refractivity contribution in [3.63, 3.8) is 0 Å². The third-order valence-corrected chi connectivity index (χ3v) is 4.49. The first-order valence-corrected chi connectivity index (χ1v) is 7.40. The molecule has 1 saturated carbocycles. The summed E-state index contributed by atoms with van der Waals surface area (Å²) in [7, 11) is 2.12. The normalized spacial score (nSPS) is 23.9. The van der Waals surface area contributed by atoms with Crippen LogP contribution < -0.4 is 10.5 Å². The lowest BCUT2D eigenvalue weighted by atomic mass is 9.77. The van der Waals surface area contributed by atoms with Gasteiger partial charge >= 0.3 is 0 Å². The highest BCUT2D eigenvalue weighted by atomic mass is 16.5. The van der Waals surface area contributed by atoms with Crippen molar-refractivity contribution in [1.82, 2.24) is 4.90 Å². The molecule has 0 bridgehead atoms. The Kier molecular flexibility index (Phi) is 3.50. The monoisotopic (exact) mass is 260 g/mol. The molecule has 1 aliphatic carbocycles. The summed E-state index contributed by atoms with van der Waals surface area (Å²) in [6, 6.07) is 8.44. The number of ether oxygens (including phenoxy) is 1. The van der Waals surface area contributed by atoms with Gasteiger partial charge in [-0.25, -0.2) is 0 Å². The number of likely N-dealkylation sites (tertiary alicyclic amines) is 1. The van der Waals surface area contributed by atoms with Crippen LogP contribution in [0.2, 0.25) is 0 Å². The average Bonchev–Trinajstić information content (AvgIpc) is 2.38. The summed E-state index contributed by atoms with van der Waals surface area (Å²) in [6.45, 7) is 2.05. The molecule has 0 spiro atoms. The molecule has 1 saturated heterocycles. The summed E-state index contributed by atoms with van der Waals surface area (Å²) in [5.41, 5.74) is 7.70. The lowest BCUT2D eigenvalue weighted by Gasteiger charge is -2.37. The van der Waals surface area contributed by atoms with E-state index in [1.165, 1.54) is 24.8 Å². The zero-order chi connectivity index (χ0) is 13.3. The molecule has 0 radical (unpaired) electrons. The number of rotatable bonds is 3. The lowest BCUT2D eigenvalue weighted by Crippen LogP contribution is -2.51. The summed E-state index contributed by atoms with van der Waals surface area (Å²) in [4.78, 5) is 2.26. The van der Waals surface area contributed by atoms with Gasteiger partial charge in [0.1, 0.15) is 11.9 Å². The average molecular weight is 260 g/mol. The van der Waals surface area contributed by atoms with Gasteiger partial charge in [0.15, 0.2) is 0 Å². The van der Waals surface area contributed by atoms with Crippen LogP contribution in [0.4, 0.5) is 0 Å². The van der Waals surface area contributed by atoms with Gasteiger partial charge in [0.05, 0.1) is 0 Å². The second-order valence-corrected chi connectivity index (χ2v) is 6.21. The molecule has 0 atom stereocenters. The van der Waals surface area contributed by atoms with E-state index in [2.05, 4.69) is 30.1 Å². The van der Waals surface area contributed by atoms with E-state index >= 15 is 0 Å². The quantitative estimate of drug-likeness (QED) is 0.907. The minimum absolute atomic E-state index is 0.131. The molecule has 2 fully saturated rings. The maximum absolute atomic E-state index is 6.58. The fraction of sp³-hybridized carbons (Fsp3) is 0.625. The van der Waals surface area contributed by atoms with Crippen molar-refractivity contribution in [1.29, 1.82) is 0 Å². The second kappa shape index (κ2) is 5.14. The Morgan fingerprint density at radius 1 is 1.21 bits per heavy atom. The lowest BCUT2D eigenvalue weighted by molar-refractivity contribution is 0.0387. The van der Waals surface area contributed by atoms with Gasteiger partial charge in [-0.1, -0.05) is 31.4 Å². The van der Waals surface area contributed by atoms with Crippen LogP contribution in [0.3, 0.4) is 0 Å². The molecular formula is C16H24N2O. The van der Waals surface area contributed by atoms with Crippen LogP contribution in [0.25, 0.3) is 0 Å². The standard InChI is InChI=1S/C16H24N2O/c1-18-11-15(12-18)19-14-7-5-6-13(10-14)16(17)8-3-2-4-9-16/h5-7,10,15H,2-4,8-9,11-12,17H2,1H3. The molecule has 19 heavy (non-hydrogen) atoms. The summed E-state index contributed by atoms with van der Waals surface area (Å²) in [5.74, 6) is 0.978. The number of hydrogen-bond acceptors (Lipinski definition) is 3. The van der Waals surface area contributed by atoms with Crippen molar-refractivity contribution < 1.29 is 4.74 Å². The van der Waals surface area contributed by atoms with Crippen LogP contribution in [-0.4, -0.2) is 31.1 Å². The fourth-order valence-corrected chi connectivity index (χ4v) is 3.26. The molecule has 1 aliphatic heterocycles. The van der Waals surface area contributed by atoms with Crippen molar-refractivity contribution in [3.8, 4) is 5.75 Å². The highest BCUT2D eigenvalue weighted by Gasteiger charge is 2.30. The van der Waals surface area contributed by atoms with E-state index in [-0.39, 0.29) is 5.54 Å². The first-order chi connectivity index (χ1) is 9.16. The zero-order valence-electron chi connectivity index (χ0n) is 11.8. The van der Waals surface area contributed by atoms with Gasteiger partial charge in [0.25, 0.3) is 0 Å². The Bertz CT molecular complexity index is 434. The number of hydrogen-bond donors (Lipinski definition) is 1. The van der Waals surface area contributed by atoms with Gasteiger partial charge in [-0.05, 0) is 37.6 Å². The molecule has 3 rings (SSSR count). The van der Waals surface area contributed by atoms with E-state index in [0.29, 0.717) is 6.10 Å². The maximum atomic E-state index is 6.58. The van der Waals surface area contributed by atoms with E-state index in [9.17, 15) is 0 Å². The van der Waals surface area contributed by atoms with Crippen LogP contribution in [0.15, 0.2) is 24.3 Å². The minimum atomic E-state index is -0.131. The molecule has 1 heterocycles. The van der Waals surface area contributed by atoms with Gasteiger partial charge in [-0.15, -0.1) is 0 Å². The van der Waals surface area contributed by atoms with Gasteiger partial charge in [0, 0.05) is 18.6 Å².